The minimum Gasteiger partial charge on any atom is -0.411 e. The molecule has 5 nitrogen and oxygen atoms in total. The molecular weight excluding hydrogens is 431 g/mol. The molecule has 5 rings (SSSR count). The average Bonchev–Trinajstić information content (AvgIpc) is 3.37. The first-order chi connectivity index (χ1) is 14.2. The number of hydrogen-bond donors (Lipinski definition) is 0. The molecule has 0 N–H and O–H groups in total. The molecule has 0 bridgehead atoms. The van der Waals surface area contributed by atoms with E-state index >= 15 is 0 Å². The van der Waals surface area contributed by atoms with E-state index in [0.29, 0.717) is 26.7 Å². The van der Waals surface area contributed by atoms with Crippen molar-refractivity contribution in [2.24, 2.45) is 0 Å². The summed E-state index contributed by atoms with van der Waals surface area (Å²) in [5, 5.41) is 12.6. The van der Waals surface area contributed by atoms with Gasteiger partial charge in [0.2, 0.25) is 5.89 Å². The van der Waals surface area contributed by atoms with Crippen molar-refractivity contribution in [1.82, 2.24) is 20.2 Å². The third kappa shape index (κ3) is 3.50. The molecule has 0 saturated heterocycles. The minimum atomic E-state index is -0.280. The fourth-order valence-electron chi connectivity index (χ4n) is 2.84. The predicted octanol–water partition coefficient (Wildman–Crippen LogP) is 6.35. The van der Waals surface area contributed by atoms with Gasteiger partial charge in [-0.25, -0.2) is 14.4 Å². The smallest absolute Gasteiger partial charge is 0.283 e. The fraction of sp³-hybridized carbons (Fsp3) is 0. The summed E-state index contributed by atoms with van der Waals surface area (Å²) in [6, 6.07) is 13.6. The molecule has 2 aromatic carbocycles. The maximum absolute atomic E-state index is 13.3. The Bertz CT molecular complexity index is 1320. The zero-order valence-corrected chi connectivity index (χ0v) is 16.9. The molecule has 0 saturated carbocycles. The van der Waals surface area contributed by atoms with Crippen molar-refractivity contribution in [3.05, 3.63) is 71.1 Å². The first-order valence-corrected chi connectivity index (χ1v) is 10.5. The fourth-order valence-corrected chi connectivity index (χ4v) is 4.82. The minimum absolute atomic E-state index is 0.280. The second kappa shape index (κ2) is 7.55. The van der Waals surface area contributed by atoms with Crippen LogP contribution in [0.1, 0.15) is 0 Å². The molecule has 0 fully saturated rings. The molecule has 142 valence electrons. The van der Waals surface area contributed by atoms with Crippen LogP contribution in [0.5, 0.6) is 0 Å². The lowest BCUT2D eigenvalue weighted by Gasteiger charge is -2.03. The van der Waals surface area contributed by atoms with E-state index in [-0.39, 0.29) is 5.82 Å². The Balaban J connectivity index is 1.54. The molecule has 9 heteroatoms. The third-order valence-corrected chi connectivity index (χ3v) is 6.24. The third-order valence-electron chi connectivity index (χ3n) is 4.19. The number of benzene rings is 2. The summed E-state index contributed by atoms with van der Waals surface area (Å²) in [4.78, 5) is 9.58. The molecule has 0 unspecified atom stereocenters. The van der Waals surface area contributed by atoms with Gasteiger partial charge in [-0.15, -0.1) is 21.5 Å². The maximum Gasteiger partial charge on any atom is 0.283 e. The maximum atomic E-state index is 13.3. The van der Waals surface area contributed by atoms with Crippen LogP contribution in [0.15, 0.2) is 74.9 Å². The van der Waals surface area contributed by atoms with Crippen LogP contribution in [-0.4, -0.2) is 20.2 Å². The van der Waals surface area contributed by atoms with E-state index < -0.39 is 0 Å². The van der Waals surface area contributed by atoms with Crippen LogP contribution in [0, 0.1) is 5.82 Å². The van der Waals surface area contributed by atoms with Crippen LogP contribution in [0.25, 0.3) is 32.8 Å². The van der Waals surface area contributed by atoms with Crippen molar-refractivity contribution >= 4 is 44.9 Å². The highest BCUT2D eigenvalue weighted by Gasteiger charge is 2.18. The number of rotatable bonds is 4. The van der Waals surface area contributed by atoms with Gasteiger partial charge in [-0.3, -0.25) is 0 Å². The van der Waals surface area contributed by atoms with Gasteiger partial charge >= 0.3 is 0 Å². The van der Waals surface area contributed by atoms with Crippen molar-refractivity contribution < 1.29 is 8.81 Å². The zero-order valence-electron chi connectivity index (χ0n) is 14.5. The van der Waals surface area contributed by atoms with Crippen LogP contribution in [0.4, 0.5) is 4.39 Å². The molecule has 0 amide bonds. The number of fused-ring (bicyclic) bond motifs is 1. The first-order valence-electron chi connectivity index (χ1n) is 8.43. The first kappa shape index (κ1) is 18.2. The van der Waals surface area contributed by atoms with Crippen molar-refractivity contribution in [2.75, 3.05) is 0 Å². The van der Waals surface area contributed by atoms with E-state index in [2.05, 4.69) is 20.2 Å². The summed E-state index contributed by atoms with van der Waals surface area (Å²) < 4.78 is 19.1. The Hall–Kier alpha value is -2.81. The van der Waals surface area contributed by atoms with E-state index in [1.165, 1.54) is 41.6 Å². The molecule has 0 radical (unpaired) electrons. The second-order valence-electron chi connectivity index (χ2n) is 5.97. The molecule has 29 heavy (non-hydrogen) atoms. The van der Waals surface area contributed by atoms with E-state index in [1.807, 2.05) is 23.6 Å². The number of aromatic nitrogens is 4. The highest BCUT2D eigenvalue weighted by molar-refractivity contribution is 7.99. The summed E-state index contributed by atoms with van der Waals surface area (Å²) in [6.45, 7) is 0. The number of halogens is 2. The van der Waals surface area contributed by atoms with Crippen molar-refractivity contribution in [2.45, 2.75) is 10.2 Å². The quantitative estimate of drug-likeness (QED) is 0.303. The Morgan fingerprint density at radius 2 is 1.79 bits per heavy atom. The molecule has 5 aromatic rings. The number of hydrogen-bond acceptors (Lipinski definition) is 7. The lowest BCUT2D eigenvalue weighted by Crippen LogP contribution is -1.86. The van der Waals surface area contributed by atoms with Crippen molar-refractivity contribution in [3.63, 3.8) is 0 Å². The topological polar surface area (TPSA) is 64.7 Å². The molecular formula is C20H10ClFN4OS2. The molecule has 0 atom stereocenters. The summed E-state index contributed by atoms with van der Waals surface area (Å²) in [5.41, 5.74) is 2.49. The number of thiophene rings is 1. The summed E-state index contributed by atoms with van der Waals surface area (Å²) in [7, 11) is 0. The Kier molecular flexibility index (Phi) is 4.75. The Labute approximate surface area is 177 Å². The van der Waals surface area contributed by atoms with Gasteiger partial charge in [0.25, 0.3) is 5.22 Å². The van der Waals surface area contributed by atoms with Crippen molar-refractivity contribution in [3.8, 4) is 22.6 Å². The largest absolute Gasteiger partial charge is 0.411 e. The average molecular weight is 441 g/mol. The van der Waals surface area contributed by atoms with Gasteiger partial charge in [-0.05, 0) is 41.6 Å². The highest BCUT2D eigenvalue weighted by Crippen LogP contribution is 2.40. The van der Waals surface area contributed by atoms with Gasteiger partial charge in [0, 0.05) is 10.9 Å². The summed E-state index contributed by atoms with van der Waals surface area (Å²) in [6.07, 6.45) is 1.50. The molecule has 0 aliphatic heterocycles. The van der Waals surface area contributed by atoms with Gasteiger partial charge in [-0.2, -0.15) is 0 Å². The molecule has 0 spiro atoms. The lowest BCUT2D eigenvalue weighted by molar-refractivity contribution is 0.466. The van der Waals surface area contributed by atoms with Gasteiger partial charge in [-0.1, -0.05) is 35.9 Å². The van der Waals surface area contributed by atoms with E-state index in [0.717, 1.165) is 21.3 Å². The number of nitrogens with zero attached hydrogens (tertiary/aromatic N) is 4. The van der Waals surface area contributed by atoms with Crippen LogP contribution < -0.4 is 0 Å². The van der Waals surface area contributed by atoms with Crippen LogP contribution >= 0.6 is 34.7 Å². The standard InChI is InChI=1S/C20H10ClFN4OS2/c21-15-4-2-1-3-13(15)17-25-26-20(27-17)29-19-16-14(9-28-18(16)23-10-24-19)11-5-7-12(22)8-6-11/h1-10H. The molecule has 0 aliphatic rings. The lowest BCUT2D eigenvalue weighted by atomic mass is 10.1. The van der Waals surface area contributed by atoms with E-state index in [1.54, 1.807) is 18.2 Å². The molecule has 0 aliphatic carbocycles. The normalized spacial score (nSPS) is 11.2. The van der Waals surface area contributed by atoms with Gasteiger partial charge in [0.05, 0.1) is 16.0 Å². The van der Waals surface area contributed by atoms with Gasteiger partial charge in [0.15, 0.2) is 0 Å². The van der Waals surface area contributed by atoms with E-state index in [9.17, 15) is 4.39 Å². The summed E-state index contributed by atoms with van der Waals surface area (Å²) >= 11 is 8.96. The Morgan fingerprint density at radius 3 is 2.62 bits per heavy atom. The van der Waals surface area contributed by atoms with Crippen LogP contribution in [-0.2, 0) is 0 Å². The Morgan fingerprint density at radius 1 is 0.966 bits per heavy atom. The molecule has 3 aromatic heterocycles. The predicted molar refractivity (Wildman–Crippen MR) is 112 cm³/mol. The monoisotopic (exact) mass is 440 g/mol. The highest BCUT2D eigenvalue weighted by atomic mass is 35.5. The van der Waals surface area contributed by atoms with Gasteiger partial charge < -0.3 is 4.42 Å². The SMILES string of the molecule is Fc1ccc(-c2csc3ncnc(Sc4nnc(-c5ccccc5Cl)o4)c23)cc1. The molecule has 3 heterocycles. The van der Waals surface area contributed by atoms with Crippen molar-refractivity contribution in [1.29, 1.82) is 0 Å². The zero-order chi connectivity index (χ0) is 19.8. The van der Waals surface area contributed by atoms with E-state index in [4.69, 9.17) is 16.0 Å². The van der Waals surface area contributed by atoms with Gasteiger partial charge in [0.1, 0.15) is 22.0 Å². The van der Waals surface area contributed by atoms with Crippen LogP contribution in [0.2, 0.25) is 5.02 Å². The second-order valence-corrected chi connectivity index (χ2v) is 8.18. The summed E-state index contributed by atoms with van der Waals surface area (Å²) in [5.74, 6) is 0.0598. The van der Waals surface area contributed by atoms with Crippen LogP contribution in [0.3, 0.4) is 0 Å².